The number of ether oxygens (including phenoxy) is 4. The molecule has 0 saturated heterocycles. The van der Waals surface area contributed by atoms with E-state index in [0.717, 1.165) is 121 Å². The SMILES string of the molecule is CCCCCC/C=C\C=C/CCCCCCCC(=O)OC[C@H](COP(=O)(O)OC[C@@H](O)COP(=O)(O)OC[C@@H](COC(=O)CCCCCCCCCCC(C)C)OC(=O)CCCCCCCCCCCCCCCCC)OC(=O)CCCCCCCCCCCCCCCCC(C)C. The lowest BCUT2D eigenvalue weighted by Crippen LogP contribution is -2.30. The topological polar surface area (TPSA) is 237 Å². The van der Waals surface area contributed by atoms with E-state index in [2.05, 4.69) is 65.8 Å². The van der Waals surface area contributed by atoms with Gasteiger partial charge in [0.05, 0.1) is 26.4 Å². The summed E-state index contributed by atoms with van der Waals surface area (Å²) in [5.41, 5.74) is 0. The Labute approximate surface area is 599 Å². The van der Waals surface area contributed by atoms with Crippen molar-refractivity contribution in [1.82, 2.24) is 0 Å². The molecule has 0 fully saturated rings. The minimum Gasteiger partial charge on any atom is -0.462 e. The molecule has 0 aliphatic rings. The molecular formula is C79H150O17P2. The fourth-order valence-corrected chi connectivity index (χ4v) is 13.2. The minimum absolute atomic E-state index is 0.101. The van der Waals surface area contributed by atoms with E-state index < -0.39 is 97.5 Å². The summed E-state index contributed by atoms with van der Waals surface area (Å²) in [4.78, 5) is 72.9. The van der Waals surface area contributed by atoms with Crippen molar-refractivity contribution < 1.29 is 80.2 Å². The number of aliphatic hydroxyl groups excluding tert-OH is 1. The average Bonchev–Trinajstić information content (AvgIpc) is 1.53. The van der Waals surface area contributed by atoms with Crippen LogP contribution in [0.25, 0.3) is 0 Å². The van der Waals surface area contributed by atoms with Gasteiger partial charge in [-0.25, -0.2) is 9.13 Å². The van der Waals surface area contributed by atoms with Crippen LogP contribution >= 0.6 is 15.6 Å². The molecule has 0 aromatic heterocycles. The number of hydrogen-bond acceptors (Lipinski definition) is 15. The van der Waals surface area contributed by atoms with E-state index >= 15 is 0 Å². The van der Waals surface area contributed by atoms with Crippen molar-refractivity contribution >= 4 is 39.5 Å². The van der Waals surface area contributed by atoms with Crippen molar-refractivity contribution in [2.75, 3.05) is 39.6 Å². The first-order chi connectivity index (χ1) is 47.4. The molecule has 0 aliphatic heterocycles. The van der Waals surface area contributed by atoms with Crippen molar-refractivity contribution in [1.29, 1.82) is 0 Å². The van der Waals surface area contributed by atoms with Gasteiger partial charge >= 0.3 is 39.5 Å². The number of allylic oxidation sites excluding steroid dienone is 4. The molecule has 0 aromatic rings. The van der Waals surface area contributed by atoms with Crippen LogP contribution in [0.1, 0.15) is 388 Å². The number of rotatable bonds is 76. The number of esters is 4. The summed E-state index contributed by atoms with van der Waals surface area (Å²) in [5.74, 6) is -0.623. The molecule has 0 amide bonds. The molecule has 0 aliphatic carbocycles. The van der Waals surface area contributed by atoms with E-state index in [1.807, 2.05) is 0 Å². The van der Waals surface area contributed by atoms with Crippen LogP contribution in [0.5, 0.6) is 0 Å². The molecule has 0 spiro atoms. The average molecular weight is 1430 g/mol. The van der Waals surface area contributed by atoms with Gasteiger partial charge in [0.25, 0.3) is 0 Å². The number of carbonyl (C=O) groups is 4. The van der Waals surface area contributed by atoms with E-state index in [1.165, 1.54) is 186 Å². The monoisotopic (exact) mass is 1430 g/mol. The Morgan fingerprint density at radius 2 is 0.551 bits per heavy atom. The molecule has 0 rings (SSSR count). The van der Waals surface area contributed by atoms with Gasteiger partial charge in [-0.1, -0.05) is 336 Å². The van der Waals surface area contributed by atoms with Crippen LogP contribution in [0.15, 0.2) is 24.3 Å². The third kappa shape index (κ3) is 71.9. The fourth-order valence-electron chi connectivity index (χ4n) is 11.6. The standard InChI is InChI=1S/C79H150O17P2/c1-7-9-11-13-15-17-19-21-23-28-32-36-43-49-55-61-76(81)89-67-74(95-78(83)64-58-52-46-38-34-30-26-25-27-31-35-41-47-53-59-71(3)4)69-93-97(85,86)91-65-73(80)66-92-98(87,88)94-70-75(68-90-77(82)62-56-50-44-40-39-42-48-54-60-72(5)6)96-79(84)63-57-51-45-37-33-29-24-22-20-18-16-14-12-10-8-2/h17,19,21,23,71-75,80H,7-16,18,20,22,24-70H2,1-6H3,(H,85,86)(H,87,88)/b19-17-,23-21-/t73-,74-,75-/m1/s1. The number of phosphoric ester groups is 2. The maximum atomic E-state index is 13.1. The number of phosphoric acid groups is 2. The first-order valence-electron chi connectivity index (χ1n) is 40.3. The fraction of sp³-hybridized carbons (Fsp3) is 0.899. The predicted molar refractivity (Wildman–Crippen MR) is 400 cm³/mol. The molecule has 0 radical (unpaired) electrons. The van der Waals surface area contributed by atoms with Crippen LogP contribution < -0.4 is 0 Å². The Hall–Kier alpha value is -2.46. The summed E-state index contributed by atoms with van der Waals surface area (Å²) < 4.78 is 68.6. The smallest absolute Gasteiger partial charge is 0.462 e. The van der Waals surface area contributed by atoms with Gasteiger partial charge in [0.15, 0.2) is 12.2 Å². The lowest BCUT2D eigenvalue weighted by molar-refractivity contribution is -0.161. The zero-order valence-corrected chi connectivity index (χ0v) is 65.4. The highest BCUT2D eigenvalue weighted by Gasteiger charge is 2.30. The number of hydrogen-bond donors (Lipinski definition) is 3. The summed E-state index contributed by atoms with van der Waals surface area (Å²) >= 11 is 0. The largest absolute Gasteiger partial charge is 0.472 e. The Bertz CT molecular complexity index is 1980. The van der Waals surface area contributed by atoms with Crippen LogP contribution in [0.2, 0.25) is 0 Å². The quantitative estimate of drug-likeness (QED) is 0.0169. The molecule has 0 aromatic carbocycles. The molecule has 5 atom stereocenters. The molecule has 2 unspecified atom stereocenters. The van der Waals surface area contributed by atoms with Crippen LogP contribution in [-0.2, 0) is 65.4 Å². The second-order valence-corrected chi connectivity index (χ2v) is 31.6. The summed E-state index contributed by atoms with van der Waals surface area (Å²) in [5, 5.41) is 10.6. The molecule has 578 valence electrons. The lowest BCUT2D eigenvalue weighted by Gasteiger charge is -2.21. The van der Waals surface area contributed by atoms with Gasteiger partial charge in [-0.2, -0.15) is 0 Å². The Kier molecular flexibility index (Phi) is 68.5. The van der Waals surface area contributed by atoms with E-state index in [9.17, 15) is 43.2 Å². The van der Waals surface area contributed by atoms with Gasteiger partial charge in [0, 0.05) is 25.7 Å². The minimum atomic E-state index is -4.97. The third-order valence-electron chi connectivity index (χ3n) is 17.8. The van der Waals surface area contributed by atoms with Crippen LogP contribution in [0, 0.1) is 11.8 Å². The van der Waals surface area contributed by atoms with Crippen LogP contribution in [-0.4, -0.2) is 96.7 Å². The van der Waals surface area contributed by atoms with Crippen molar-refractivity contribution in [3.8, 4) is 0 Å². The predicted octanol–water partition coefficient (Wildman–Crippen LogP) is 23.1. The molecule has 17 nitrogen and oxygen atoms in total. The van der Waals surface area contributed by atoms with E-state index in [0.29, 0.717) is 25.7 Å². The van der Waals surface area contributed by atoms with Gasteiger partial charge in [0.1, 0.15) is 19.3 Å². The van der Waals surface area contributed by atoms with Crippen molar-refractivity contribution in [2.45, 2.75) is 407 Å². The molecule has 3 N–H and O–H groups in total. The number of carbonyl (C=O) groups excluding carboxylic acids is 4. The maximum Gasteiger partial charge on any atom is 0.472 e. The van der Waals surface area contributed by atoms with Crippen molar-refractivity contribution in [3.63, 3.8) is 0 Å². The van der Waals surface area contributed by atoms with Crippen molar-refractivity contribution in [2.24, 2.45) is 11.8 Å². The van der Waals surface area contributed by atoms with Crippen LogP contribution in [0.4, 0.5) is 0 Å². The second-order valence-electron chi connectivity index (χ2n) is 28.7. The van der Waals surface area contributed by atoms with Gasteiger partial charge < -0.3 is 33.8 Å². The Morgan fingerprint density at radius 1 is 0.316 bits per heavy atom. The highest BCUT2D eigenvalue weighted by atomic mass is 31.2. The molecule has 0 saturated carbocycles. The summed E-state index contributed by atoms with van der Waals surface area (Å²) in [6.07, 6.45) is 61.8. The normalized spacial score (nSPS) is 14.1. The first kappa shape index (κ1) is 95.5. The molecule has 0 heterocycles. The van der Waals surface area contributed by atoms with Gasteiger partial charge in [-0.3, -0.25) is 37.3 Å². The number of unbranched alkanes of at least 4 members (excludes halogenated alkanes) is 43. The van der Waals surface area contributed by atoms with Gasteiger partial charge in [0.2, 0.25) is 0 Å². The third-order valence-corrected chi connectivity index (χ3v) is 19.7. The molecule has 0 bridgehead atoms. The van der Waals surface area contributed by atoms with Gasteiger partial charge in [-0.15, -0.1) is 0 Å². The molecule has 19 heteroatoms. The summed E-state index contributed by atoms with van der Waals surface area (Å²) in [6, 6.07) is 0. The second kappa shape index (κ2) is 70.2. The Morgan fingerprint density at radius 3 is 0.837 bits per heavy atom. The highest BCUT2D eigenvalue weighted by molar-refractivity contribution is 7.47. The van der Waals surface area contributed by atoms with E-state index in [-0.39, 0.29) is 25.7 Å². The van der Waals surface area contributed by atoms with E-state index in [4.69, 9.17) is 37.0 Å². The zero-order valence-electron chi connectivity index (χ0n) is 63.6. The highest BCUT2D eigenvalue weighted by Crippen LogP contribution is 2.45. The zero-order chi connectivity index (χ0) is 72.1. The van der Waals surface area contributed by atoms with E-state index in [1.54, 1.807) is 0 Å². The lowest BCUT2D eigenvalue weighted by atomic mass is 10.0. The summed E-state index contributed by atoms with van der Waals surface area (Å²) in [7, 11) is -9.93. The first-order valence-corrected chi connectivity index (χ1v) is 43.3. The number of aliphatic hydroxyl groups is 1. The molecular weight excluding hydrogens is 1280 g/mol. The Balaban J connectivity index is 5.29. The summed E-state index contributed by atoms with van der Waals surface area (Å²) in [6.45, 7) is 9.54. The van der Waals surface area contributed by atoms with Crippen molar-refractivity contribution in [3.05, 3.63) is 24.3 Å². The molecule has 98 heavy (non-hydrogen) atoms. The van der Waals surface area contributed by atoms with Gasteiger partial charge in [-0.05, 0) is 63.2 Å². The maximum absolute atomic E-state index is 13.1. The van der Waals surface area contributed by atoms with Crippen LogP contribution in [0.3, 0.4) is 0 Å².